The summed E-state index contributed by atoms with van der Waals surface area (Å²) in [6.45, 7) is 3.34. The Morgan fingerprint density at radius 1 is 1.44 bits per heavy atom. The van der Waals surface area contributed by atoms with E-state index >= 15 is 0 Å². The molecule has 90 valence electrons. The van der Waals surface area contributed by atoms with Crippen LogP contribution in [0.4, 0.5) is 11.1 Å². The number of hydrogen-bond donors (Lipinski definition) is 1. The molecule has 0 bridgehead atoms. The summed E-state index contributed by atoms with van der Waals surface area (Å²) < 4.78 is 4.02. The summed E-state index contributed by atoms with van der Waals surface area (Å²) in [4.78, 5) is 8.78. The van der Waals surface area contributed by atoms with Crippen molar-refractivity contribution in [2.45, 2.75) is 12.8 Å². The van der Waals surface area contributed by atoms with Gasteiger partial charge in [-0.2, -0.15) is 9.36 Å². The number of nitrogens with two attached hydrogens (primary N) is 1. The molecule has 2 rings (SSSR count). The molecule has 0 unspecified atom stereocenters. The van der Waals surface area contributed by atoms with Gasteiger partial charge in [-0.3, -0.25) is 0 Å². The van der Waals surface area contributed by atoms with E-state index in [2.05, 4.69) is 33.3 Å². The second-order valence-corrected chi connectivity index (χ2v) is 5.36. The molecule has 0 aliphatic carbocycles. The minimum absolute atomic E-state index is 0.399. The van der Waals surface area contributed by atoms with Crippen LogP contribution in [0.15, 0.2) is 0 Å². The summed E-state index contributed by atoms with van der Waals surface area (Å²) in [5.41, 5.74) is 5.53. The lowest BCUT2D eigenvalue weighted by atomic mass is 9.97. The zero-order chi connectivity index (χ0) is 11.5. The molecule has 0 amide bonds. The quantitative estimate of drug-likeness (QED) is 0.852. The third kappa shape index (κ3) is 2.82. The van der Waals surface area contributed by atoms with E-state index in [0.29, 0.717) is 5.95 Å². The number of nitrogen functional groups attached to an aromatic ring is 1. The molecule has 0 atom stereocenters. The maximum Gasteiger partial charge on any atom is 0.233 e. The van der Waals surface area contributed by atoms with Gasteiger partial charge in [-0.25, -0.2) is 0 Å². The molecule has 1 aliphatic rings. The van der Waals surface area contributed by atoms with Crippen molar-refractivity contribution in [2.75, 3.05) is 44.4 Å². The lowest BCUT2D eigenvalue weighted by Crippen LogP contribution is -2.37. The second-order valence-electron chi connectivity index (χ2n) is 4.63. The fourth-order valence-corrected chi connectivity index (χ4v) is 2.83. The summed E-state index contributed by atoms with van der Waals surface area (Å²) in [5.74, 6) is 1.21. The fraction of sp³-hybridized carbons (Fsp3) is 0.800. The Kier molecular flexibility index (Phi) is 3.60. The van der Waals surface area contributed by atoms with Crippen LogP contribution in [0, 0.1) is 5.92 Å². The molecule has 1 aliphatic heterocycles. The van der Waals surface area contributed by atoms with E-state index < -0.39 is 0 Å². The topological polar surface area (TPSA) is 58.3 Å². The SMILES string of the molecule is CN(C)CC1CCN(c2nc(N)ns2)CC1. The van der Waals surface area contributed by atoms with Crippen LogP contribution in [0.25, 0.3) is 0 Å². The summed E-state index contributed by atoms with van der Waals surface area (Å²) in [6, 6.07) is 0. The molecule has 6 heteroatoms. The summed E-state index contributed by atoms with van der Waals surface area (Å²) in [5, 5.41) is 0.973. The smallest absolute Gasteiger partial charge is 0.233 e. The standard InChI is InChI=1S/C10H19N5S/c1-14(2)7-8-3-5-15(6-4-8)10-12-9(11)13-16-10/h8H,3-7H2,1-2H3,(H2,11,13). The first-order valence-electron chi connectivity index (χ1n) is 5.64. The van der Waals surface area contributed by atoms with E-state index in [9.17, 15) is 0 Å². The van der Waals surface area contributed by atoms with Gasteiger partial charge in [0, 0.05) is 31.2 Å². The maximum atomic E-state index is 5.53. The van der Waals surface area contributed by atoms with E-state index in [4.69, 9.17) is 5.73 Å². The van der Waals surface area contributed by atoms with Crippen molar-refractivity contribution in [1.29, 1.82) is 0 Å². The molecule has 1 aromatic heterocycles. The third-order valence-electron chi connectivity index (χ3n) is 2.94. The first kappa shape index (κ1) is 11.6. The van der Waals surface area contributed by atoms with Gasteiger partial charge in [0.25, 0.3) is 0 Å². The molecule has 2 N–H and O–H groups in total. The largest absolute Gasteiger partial charge is 0.367 e. The number of nitrogens with zero attached hydrogens (tertiary/aromatic N) is 4. The average molecular weight is 241 g/mol. The zero-order valence-corrected chi connectivity index (χ0v) is 10.7. The van der Waals surface area contributed by atoms with Crippen LogP contribution in [0.1, 0.15) is 12.8 Å². The van der Waals surface area contributed by atoms with E-state index in [1.54, 1.807) is 0 Å². The molecule has 2 heterocycles. The zero-order valence-electron chi connectivity index (χ0n) is 9.89. The summed E-state index contributed by atoms with van der Waals surface area (Å²) in [6.07, 6.45) is 2.47. The normalized spacial score (nSPS) is 18.3. The number of hydrogen-bond acceptors (Lipinski definition) is 6. The highest BCUT2D eigenvalue weighted by Gasteiger charge is 2.21. The first-order chi connectivity index (χ1) is 7.65. The van der Waals surface area contributed by atoms with Crippen molar-refractivity contribution in [1.82, 2.24) is 14.3 Å². The average Bonchev–Trinajstić information content (AvgIpc) is 2.65. The predicted octanol–water partition coefficient (Wildman–Crippen LogP) is 0.898. The van der Waals surface area contributed by atoms with Crippen molar-refractivity contribution >= 4 is 22.6 Å². The molecule has 16 heavy (non-hydrogen) atoms. The van der Waals surface area contributed by atoms with Crippen LogP contribution < -0.4 is 10.6 Å². The fourth-order valence-electron chi connectivity index (χ4n) is 2.18. The van der Waals surface area contributed by atoms with Gasteiger partial charge in [0.2, 0.25) is 11.1 Å². The Morgan fingerprint density at radius 2 is 2.12 bits per heavy atom. The van der Waals surface area contributed by atoms with E-state index in [-0.39, 0.29) is 0 Å². The molecule has 5 nitrogen and oxygen atoms in total. The highest BCUT2D eigenvalue weighted by atomic mass is 32.1. The van der Waals surface area contributed by atoms with E-state index in [1.165, 1.54) is 30.9 Å². The van der Waals surface area contributed by atoms with E-state index in [1.807, 2.05) is 0 Å². The molecule has 0 aromatic carbocycles. The molecule has 1 saturated heterocycles. The van der Waals surface area contributed by atoms with Crippen molar-refractivity contribution in [3.05, 3.63) is 0 Å². The van der Waals surface area contributed by atoms with Gasteiger partial charge in [-0.05, 0) is 32.9 Å². The van der Waals surface area contributed by atoms with Crippen LogP contribution >= 0.6 is 11.5 Å². The van der Waals surface area contributed by atoms with Gasteiger partial charge in [0.05, 0.1) is 0 Å². The van der Waals surface area contributed by atoms with Crippen molar-refractivity contribution in [3.63, 3.8) is 0 Å². The van der Waals surface area contributed by atoms with Crippen LogP contribution in [-0.2, 0) is 0 Å². The molecular formula is C10H19N5S. The van der Waals surface area contributed by atoms with Gasteiger partial charge < -0.3 is 15.5 Å². The Bertz CT molecular complexity index is 330. The first-order valence-corrected chi connectivity index (χ1v) is 6.41. The number of anilines is 2. The maximum absolute atomic E-state index is 5.53. The van der Waals surface area contributed by atoms with Gasteiger partial charge in [0.15, 0.2) is 0 Å². The lowest BCUT2D eigenvalue weighted by molar-refractivity contribution is 0.285. The lowest BCUT2D eigenvalue weighted by Gasteiger charge is -2.32. The van der Waals surface area contributed by atoms with Crippen LogP contribution in [0.2, 0.25) is 0 Å². The Balaban J connectivity index is 1.85. The molecular weight excluding hydrogens is 222 g/mol. The number of piperidine rings is 1. The van der Waals surface area contributed by atoms with Crippen LogP contribution in [-0.4, -0.2) is 48.0 Å². The second kappa shape index (κ2) is 4.97. The number of rotatable bonds is 3. The van der Waals surface area contributed by atoms with Crippen molar-refractivity contribution in [3.8, 4) is 0 Å². The Labute approximate surface area is 100 Å². The molecule has 0 spiro atoms. The highest BCUT2D eigenvalue weighted by molar-refractivity contribution is 7.09. The van der Waals surface area contributed by atoms with Gasteiger partial charge in [0.1, 0.15) is 0 Å². The minimum Gasteiger partial charge on any atom is -0.367 e. The summed E-state index contributed by atoms with van der Waals surface area (Å²) in [7, 11) is 4.27. The van der Waals surface area contributed by atoms with Gasteiger partial charge in [-0.15, -0.1) is 0 Å². The van der Waals surface area contributed by atoms with Crippen LogP contribution in [0.5, 0.6) is 0 Å². The summed E-state index contributed by atoms with van der Waals surface area (Å²) >= 11 is 1.40. The minimum atomic E-state index is 0.399. The number of aromatic nitrogens is 2. The Morgan fingerprint density at radius 3 is 2.62 bits per heavy atom. The van der Waals surface area contributed by atoms with Crippen molar-refractivity contribution in [2.24, 2.45) is 5.92 Å². The van der Waals surface area contributed by atoms with Gasteiger partial charge in [-0.1, -0.05) is 0 Å². The highest BCUT2D eigenvalue weighted by Crippen LogP contribution is 2.25. The van der Waals surface area contributed by atoms with Gasteiger partial charge >= 0.3 is 0 Å². The Hall–Kier alpha value is -0.880. The molecule has 1 aromatic rings. The van der Waals surface area contributed by atoms with E-state index in [0.717, 1.165) is 24.1 Å². The van der Waals surface area contributed by atoms with Crippen molar-refractivity contribution < 1.29 is 0 Å². The molecule has 0 saturated carbocycles. The monoisotopic (exact) mass is 241 g/mol. The third-order valence-corrected chi connectivity index (χ3v) is 3.73. The molecule has 1 fully saturated rings. The molecule has 0 radical (unpaired) electrons. The predicted molar refractivity (Wildman–Crippen MR) is 67.8 cm³/mol. The van der Waals surface area contributed by atoms with Crippen LogP contribution in [0.3, 0.4) is 0 Å².